The van der Waals surface area contributed by atoms with Crippen molar-refractivity contribution in [3.05, 3.63) is 58.0 Å². The van der Waals surface area contributed by atoms with E-state index < -0.39 is 35.6 Å². The number of hydrogen-bond donors (Lipinski definition) is 4. The molecule has 1 heterocycles. The van der Waals surface area contributed by atoms with Crippen LogP contribution in [0.15, 0.2) is 61.2 Å². The Balaban J connectivity index is 2.13. The first-order valence-corrected chi connectivity index (χ1v) is 11.4. The van der Waals surface area contributed by atoms with E-state index in [1.807, 2.05) is 0 Å². The molecule has 0 aliphatic rings. The zero-order chi connectivity index (χ0) is 23.1. The number of H-pyrrole nitrogens is 1. The molecule has 0 unspecified atom stereocenters. The van der Waals surface area contributed by atoms with Crippen LogP contribution in [0.5, 0.6) is 0 Å². The molecule has 5 N–H and O–H groups in total. The number of nitrogens with zero attached hydrogens (tertiary/aromatic N) is 3. The second-order valence-corrected chi connectivity index (χ2v) is 9.36. The lowest BCUT2D eigenvalue weighted by molar-refractivity contribution is 0.481. The predicted molar refractivity (Wildman–Crippen MR) is 111 cm³/mol. The van der Waals surface area contributed by atoms with Crippen molar-refractivity contribution in [3.63, 3.8) is 0 Å². The van der Waals surface area contributed by atoms with Crippen LogP contribution in [0.25, 0.3) is 5.69 Å². The lowest BCUT2D eigenvalue weighted by atomic mass is 10.2. The Bertz CT molecular complexity index is 1490. The van der Waals surface area contributed by atoms with Crippen LogP contribution in [-0.2, 0) is 20.2 Å². The van der Waals surface area contributed by atoms with Crippen molar-refractivity contribution in [2.75, 3.05) is 5.73 Å². The van der Waals surface area contributed by atoms with Gasteiger partial charge in [0.2, 0.25) is 0 Å². The van der Waals surface area contributed by atoms with Gasteiger partial charge >= 0.3 is 0 Å². The van der Waals surface area contributed by atoms with Gasteiger partial charge in [0.25, 0.3) is 25.8 Å². The van der Waals surface area contributed by atoms with E-state index in [2.05, 4.69) is 15.3 Å². The fraction of sp³-hybridized carbons (Fsp3) is 0.118. The molecule has 0 saturated carbocycles. The molecular weight excluding hydrogens is 450 g/mol. The standard InChI is InChI=1S/C17H17N5O7S2/c1-9-3-5-12(30(24,25)26)8-14(9)22-17(23)16(10(2)21-22)20-19-13-6-4-11(18)7-15(13)31(27,28)29/h3-8,21H,18H2,1-2H3,(H,24,25,26)(H,27,28,29). The third-order valence-electron chi connectivity index (χ3n) is 4.28. The summed E-state index contributed by atoms with van der Waals surface area (Å²) in [7, 11) is -9.15. The van der Waals surface area contributed by atoms with Gasteiger partial charge in [-0.2, -0.15) is 16.8 Å². The molecule has 0 spiro atoms. The number of nitrogen functional groups attached to an aromatic ring is 1. The Morgan fingerprint density at radius 1 is 0.968 bits per heavy atom. The molecule has 0 atom stereocenters. The Morgan fingerprint density at radius 2 is 1.65 bits per heavy atom. The molecule has 0 amide bonds. The van der Waals surface area contributed by atoms with Crippen molar-refractivity contribution in [3.8, 4) is 5.69 Å². The Labute approximate surface area is 176 Å². The highest BCUT2D eigenvalue weighted by atomic mass is 32.2. The molecule has 0 aliphatic carbocycles. The summed E-state index contributed by atoms with van der Waals surface area (Å²) in [6, 6.07) is 7.26. The quantitative estimate of drug-likeness (QED) is 0.249. The van der Waals surface area contributed by atoms with Gasteiger partial charge in [-0.1, -0.05) is 6.07 Å². The van der Waals surface area contributed by atoms with Gasteiger partial charge < -0.3 is 5.73 Å². The Morgan fingerprint density at radius 3 is 2.26 bits per heavy atom. The number of aromatic nitrogens is 2. The molecule has 164 valence electrons. The summed E-state index contributed by atoms with van der Waals surface area (Å²) in [5.41, 5.74) is 5.39. The predicted octanol–water partition coefficient (Wildman–Crippen LogP) is 2.27. The van der Waals surface area contributed by atoms with Crippen molar-refractivity contribution in [1.82, 2.24) is 9.78 Å². The minimum atomic E-state index is -4.65. The van der Waals surface area contributed by atoms with Gasteiger partial charge in [0.05, 0.1) is 16.3 Å². The number of nitrogens with one attached hydrogen (secondary N) is 1. The topological polar surface area (TPSA) is 197 Å². The van der Waals surface area contributed by atoms with Crippen LogP contribution in [0.2, 0.25) is 0 Å². The number of anilines is 1. The first-order valence-electron chi connectivity index (χ1n) is 8.48. The van der Waals surface area contributed by atoms with Crippen LogP contribution in [0.3, 0.4) is 0 Å². The number of benzene rings is 2. The van der Waals surface area contributed by atoms with Gasteiger partial charge in [0.15, 0.2) is 5.69 Å². The van der Waals surface area contributed by atoms with Crippen molar-refractivity contribution >= 4 is 37.3 Å². The molecule has 31 heavy (non-hydrogen) atoms. The van der Waals surface area contributed by atoms with Crippen molar-refractivity contribution in [2.24, 2.45) is 10.2 Å². The lowest BCUT2D eigenvalue weighted by Gasteiger charge is -2.07. The molecule has 3 rings (SSSR count). The maximum absolute atomic E-state index is 12.8. The van der Waals surface area contributed by atoms with E-state index in [0.717, 1.165) is 16.8 Å². The van der Waals surface area contributed by atoms with Gasteiger partial charge in [-0.3, -0.25) is 19.0 Å². The highest BCUT2D eigenvalue weighted by Gasteiger charge is 2.19. The minimum Gasteiger partial charge on any atom is -0.399 e. The van der Waals surface area contributed by atoms with Crippen LogP contribution in [0.1, 0.15) is 11.3 Å². The zero-order valence-electron chi connectivity index (χ0n) is 16.1. The fourth-order valence-electron chi connectivity index (χ4n) is 2.74. The van der Waals surface area contributed by atoms with Gasteiger partial charge in [-0.05, 0) is 49.7 Å². The molecule has 2 aromatic carbocycles. The molecule has 0 saturated heterocycles. The van der Waals surface area contributed by atoms with Crippen molar-refractivity contribution in [1.29, 1.82) is 0 Å². The second kappa shape index (κ2) is 7.73. The van der Waals surface area contributed by atoms with E-state index in [9.17, 15) is 30.7 Å². The van der Waals surface area contributed by atoms with Gasteiger partial charge in [-0.25, -0.2) is 4.68 Å². The highest BCUT2D eigenvalue weighted by Crippen LogP contribution is 2.28. The third-order valence-corrected chi connectivity index (χ3v) is 6.01. The average molecular weight is 467 g/mol. The Kier molecular flexibility index (Phi) is 5.58. The SMILES string of the molecule is Cc1ccc(S(=O)(=O)O)cc1-n1[nH]c(C)c(N=Nc2ccc(N)cc2S(=O)(=O)O)c1=O. The highest BCUT2D eigenvalue weighted by molar-refractivity contribution is 7.86. The Hall–Kier alpha value is -3.33. The molecule has 0 aliphatic heterocycles. The van der Waals surface area contributed by atoms with E-state index in [4.69, 9.17) is 5.73 Å². The third kappa shape index (κ3) is 4.56. The number of hydrogen-bond acceptors (Lipinski definition) is 8. The minimum absolute atomic E-state index is 0.0703. The van der Waals surface area contributed by atoms with Crippen LogP contribution >= 0.6 is 0 Å². The van der Waals surface area contributed by atoms with E-state index in [-0.39, 0.29) is 28.4 Å². The summed E-state index contributed by atoms with van der Waals surface area (Å²) in [4.78, 5) is 11.8. The summed E-state index contributed by atoms with van der Waals surface area (Å²) >= 11 is 0. The molecule has 3 aromatic rings. The maximum atomic E-state index is 12.8. The summed E-state index contributed by atoms with van der Waals surface area (Å²) in [5.74, 6) is 0. The van der Waals surface area contributed by atoms with E-state index in [0.29, 0.717) is 5.56 Å². The second-order valence-electron chi connectivity index (χ2n) is 6.55. The molecule has 0 bridgehead atoms. The van der Waals surface area contributed by atoms with E-state index >= 15 is 0 Å². The number of nitrogens with two attached hydrogens (primary N) is 1. The first kappa shape index (κ1) is 22.4. The summed E-state index contributed by atoms with van der Waals surface area (Å²) in [5, 5.41) is 10.3. The zero-order valence-corrected chi connectivity index (χ0v) is 17.8. The summed E-state index contributed by atoms with van der Waals surface area (Å²) in [6.45, 7) is 3.13. The lowest BCUT2D eigenvalue weighted by Crippen LogP contribution is -2.16. The van der Waals surface area contributed by atoms with Crippen LogP contribution in [0, 0.1) is 13.8 Å². The molecule has 12 nitrogen and oxygen atoms in total. The van der Waals surface area contributed by atoms with Crippen LogP contribution < -0.4 is 11.3 Å². The molecule has 0 fully saturated rings. The molecule has 14 heteroatoms. The first-order chi connectivity index (χ1) is 14.3. The van der Waals surface area contributed by atoms with Gasteiger partial charge in [0.1, 0.15) is 10.6 Å². The number of azo groups is 1. The van der Waals surface area contributed by atoms with E-state index in [1.165, 1.54) is 31.2 Å². The van der Waals surface area contributed by atoms with Crippen LogP contribution in [-0.4, -0.2) is 35.7 Å². The smallest absolute Gasteiger partial charge is 0.299 e. The molecule has 1 aromatic heterocycles. The molecular formula is C17H17N5O7S2. The number of rotatable bonds is 5. The van der Waals surface area contributed by atoms with E-state index in [1.54, 1.807) is 6.92 Å². The van der Waals surface area contributed by atoms with Crippen molar-refractivity contribution in [2.45, 2.75) is 23.6 Å². The van der Waals surface area contributed by atoms with Gasteiger partial charge in [-0.15, -0.1) is 10.2 Å². The fourth-order valence-corrected chi connectivity index (χ4v) is 3.90. The van der Waals surface area contributed by atoms with Crippen molar-refractivity contribution < 1.29 is 25.9 Å². The largest absolute Gasteiger partial charge is 0.399 e. The monoisotopic (exact) mass is 467 g/mol. The normalized spacial score (nSPS) is 12.5. The summed E-state index contributed by atoms with van der Waals surface area (Å²) in [6.07, 6.45) is 0. The molecule has 0 radical (unpaired) electrons. The number of aryl methyl sites for hydroxylation is 2. The van der Waals surface area contributed by atoms with Crippen LogP contribution in [0.4, 0.5) is 17.1 Å². The maximum Gasteiger partial charge on any atom is 0.299 e. The summed E-state index contributed by atoms with van der Waals surface area (Å²) < 4.78 is 65.6. The number of aromatic amines is 1. The van der Waals surface area contributed by atoms with Gasteiger partial charge in [0, 0.05) is 5.69 Å². The average Bonchev–Trinajstić information content (AvgIpc) is 2.93.